The normalized spacial score (nSPS) is 18.9. The summed E-state index contributed by atoms with van der Waals surface area (Å²) in [6, 6.07) is 0.588. The quantitative estimate of drug-likeness (QED) is 0.859. The van der Waals surface area contributed by atoms with Gasteiger partial charge in [0.15, 0.2) is 0 Å². The second kappa shape index (κ2) is 7.04. The minimum Gasteiger partial charge on any atom is -0.307 e. The lowest BCUT2D eigenvalue weighted by atomic mass is 9.84. The molecule has 1 atom stereocenters. The van der Waals surface area contributed by atoms with Crippen molar-refractivity contribution in [1.29, 1.82) is 0 Å². The highest BCUT2D eigenvalue weighted by molar-refractivity contribution is 4.86. The molecule has 4 heteroatoms. The van der Waals surface area contributed by atoms with Gasteiger partial charge in [-0.25, -0.2) is 9.67 Å². The number of aromatic nitrogens is 3. The molecule has 1 aliphatic rings. The first-order valence-electron chi connectivity index (χ1n) is 7.77. The number of nitrogens with zero attached hydrogens (tertiary/aromatic N) is 3. The number of hydrogen-bond donors (Lipinski definition) is 1. The van der Waals surface area contributed by atoms with E-state index in [4.69, 9.17) is 0 Å². The van der Waals surface area contributed by atoms with Crippen molar-refractivity contribution in [2.45, 2.75) is 72.0 Å². The van der Waals surface area contributed by atoms with Crippen LogP contribution in [0.5, 0.6) is 0 Å². The van der Waals surface area contributed by atoms with Gasteiger partial charge in [0.2, 0.25) is 0 Å². The molecule has 1 fully saturated rings. The smallest absolute Gasteiger partial charge is 0.140 e. The van der Waals surface area contributed by atoms with Gasteiger partial charge in [0.1, 0.15) is 12.2 Å². The van der Waals surface area contributed by atoms with Crippen LogP contribution in [-0.2, 0) is 13.1 Å². The van der Waals surface area contributed by atoms with Gasteiger partial charge < -0.3 is 5.32 Å². The Morgan fingerprint density at radius 2 is 2.00 bits per heavy atom. The maximum absolute atomic E-state index is 4.38. The van der Waals surface area contributed by atoms with Crippen LogP contribution in [0.1, 0.15) is 58.7 Å². The number of hydrogen-bond acceptors (Lipinski definition) is 3. The van der Waals surface area contributed by atoms with E-state index in [0.717, 1.165) is 24.8 Å². The average Bonchev–Trinajstić information content (AvgIpc) is 2.83. The Kier molecular flexibility index (Phi) is 5.37. The second-order valence-electron chi connectivity index (χ2n) is 6.32. The molecule has 1 aliphatic carbocycles. The Morgan fingerprint density at radius 1 is 1.26 bits per heavy atom. The van der Waals surface area contributed by atoms with Crippen molar-refractivity contribution < 1.29 is 0 Å². The van der Waals surface area contributed by atoms with E-state index in [-0.39, 0.29) is 0 Å². The van der Waals surface area contributed by atoms with Crippen molar-refractivity contribution >= 4 is 0 Å². The van der Waals surface area contributed by atoms with Gasteiger partial charge in [0.25, 0.3) is 0 Å². The van der Waals surface area contributed by atoms with Crippen molar-refractivity contribution in [3.63, 3.8) is 0 Å². The minimum atomic E-state index is 0.588. The van der Waals surface area contributed by atoms with Gasteiger partial charge in [-0.1, -0.05) is 33.1 Å². The number of rotatable bonds is 6. The van der Waals surface area contributed by atoms with Gasteiger partial charge in [-0.3, -0.25) is 0 Å². The summed E-state index contributed by atoms with van der Waals surface area (Å²) in [5.74, 6) is 2.52. The van der Waals surface area contributed by atoms with E-state index in [1.54, 1.807) is 6.33 Å². The zero-order valence-corrected chi connectivity index (χ0v) is 12.6. The molecule has 1 saturated carbocycles. The monoisotopic (exact) mass is 264 g/mol. The summed E-state index contributed by atoms with van der Waals surface area (Å²) in [6.45, 7) is 8.53. The molecule has 0 bridgehead atoms. The molecule has 0 spiro atoms. The molecule has 4 nitrogen and oxygen atoms in total. The molecule has 1 N–H and O–H groups in total. The van der Waals surface area contributed by atoms with Crippen LogP contribution in [0.2, 0.25) is 0 Å². The molecule has 0 amide bonds. The van der Waals surface area contributed by atoms with Crippen molar-refractivity contribution in [3.05, 3.63) is 12.2 Å². The molecule has 2 rings (SSSR count). The molecule has 0 aliphatic heterocycles. The fourth-order valence-corrected chi connectivity index (χ4v) is 2.98. The van der Waals surface area contributed by atoms with Gasteiger partial charge in [-0.05, 0) is 31.6 Å². The Labute approximate surface area is 117 Å². The van der Waals surface area contributed by atoms with Crippen LogP contribution in [0.4, 0.5) is 0 Å². The van der Waals surface area contributed by atoms with Gasteiger partial charge in [-0.15, -0.1) is 0 Å². The van der Waals surface area contributed by atoms with Crippen LogP contribution in [0, 0.1) is 11.8 Å². The SMILES string of the molecule is CC(C)Cn1ncnc1CN[C@H](C)C1CCCCC1. The third-order valence-corrected chi connectivity index (χ3v) is 4.17. The van der Waals surface area contributed by atoms with Gasteiger partial charge >= 0.3 is 0 Å². The first-order valence-corrected chi connectivity index (χ1v) is 7.77. The van der Waals surface area contributed by atoms with E-state index < -0.39 is 0 Å². The molecule has 0 saturated heterocycles. The lowest BCUT2D eigenvalue weighted by molar-refractivity contribution is 0.277. The molecule has 19 heavy (non-hydrogen) atoms. The van der Waals surface area contributed by atoms with Gasteiger partial charge in [0, 0.05) is 12.6 Å². The highest BCUT2D eigenvalue weighted by Crippen LogP contribution is 2.26. The second-order valence-corrected chi connectivity index (χ2v) is 6.32. The van der Waals surface area contributed by atoms with E-state index in [2.05, 4.69) is 36.2 Å². The van der Waals surface area contributed by atoms with Crippen LogP contribution in [-0.4, -0.2) is 20.8 Å². The molecular weight excluding hydrogens is 236 g/mol. The zero-order chi connectivity index (χ0) is 13.7. The predicted octanol–water partition coefficient (Wildman–Crippen LogP) is 2.99. The lowest BCUT2D eigenvalue weighted by Crippen LogP contribution is -2.35. The first kappa shape index (κ1) is 14.5. The fraction of sp³-hybridized carbons (Fsp3) is 0.867. The largest absolute Gasteiger partial charge is 0.307 e. The summed E-state index contributed by atoms with van der Waals surface area (Å²) < 4.78 is 2.03. The van der Waals surface area contributed by atoms with Gasteiger partial charge in [0.05, 0.1) is 6.54 Å². The van der Waals surface area contributed by atoms with E-state index in [1.807, 2.05) is 4.68 Å². The third-order valence-electron chi connectivity index (χ3n) is 4.17. The Morgan fingerprint density at radius 3 is 2.68 bits per heavy atom. The first-order chi connectivity index (χ1) is 9.16. The maximum Gasteiger partial charge on any atom is 0.140 e. The molecule has 1 aromatic heterocycles. The van der Waals surface area contributed by atoms with Crippen LogP contribution in [0.15, 0.2) is 6.33 Å². The number of nitrogens with one attached hydrogen (secondary N) is 1. The Balaban J connectivity index is 1.82. The molecule has 108 valence electrons. The molecule has 0 aromatic carbocycles. The minimum absolute atomic E-state index is 0.588. The maximum atomic E-state index is 4.38. The summed E-state index contributed by atoms with van der Waals surface area (Å²) in [7, 11) is 0. The molecular formula is C15H28N4. The van der Waals surface area contributed by atoms with Crippen LogP contribution in [0.25, 0.3) is 0 Å². The third kappa shape index (κ3) is 4.30. The van der Waals surface area contributed by atoms with Crippen molar-refractivity contribution in [2.75, 3.05) is 0 Å². The highest BCUT2D eigenvalue weighted by Gasteiger charge is 2.20. The molecule has 0 unspecified atom stereocenters. The van der Waals surface area contributed by atoms with E-state index in [9.17, 15) is 0 Å². The topological polar surface area (TPSA) is 42.7 Å². The van der Waals surface area contributed by atoms with Crippen molar-refractivity contribution in [3.8, 4) is 0 Å². The van der Waals surface area contributed by atoms with Crippen molar-refractivity contribution in [1.82, 2.24) is 20.1 Å². The molecule has 1 aromatic rings. The highest BCUT2D eigenvalue weighted by atomic mass is 15.3. The van der Waals surface area contributed by atoms with Crippen LogP contribution >= 0.6 is 0 Å². The molecule has 0 radical (unpaired) electrons. The fourth-order valence-electron chi connectivity index (χ4n) is 2.98. The average molecular weight is 264 g/mol. The lowest BCUT2D eigenvalue weighted by Gasteiger charge is -2.28. The van der Waals surface area contributed by atoms with Crippen LogP contribution < -0.4 is 5.32 Å². The Hall–Kier alpha value is -0.900. The van der Waals surface area contributed by atoms with E-state index in [1.165, 1.54) is 32.1 Å². The van der Waals surface area contributed by atoms with E-state index >= 15 is 0 Å². The molecule has 1 heterocycles. The standard InChI is InChI=1S/C15H28N4/c1-12(2)10-19-15(17-11-18-19)9-16-13(3)14-7-5-4-6-8-14/h11-14,16H,4-10H2,1-3H3/t13-/m1/s1. The summed E-state index contributed by atoms with van der Waals surface area (Å²) in [6.07, 6.45) is 8.66. The Bertz CT molecular complexity index is 366. The summed E-state index contributed by atoms with van der Waals surface area (Å²) >= 11 is 0. The van der Waals surface area contributed by atoms with E-state index in [0.29, 0.717) is 12.0 Å². The summed E-state index contributed by atoms with van der Waals surface area (Å²) in [5, 5.41) is 7.96. The summed E-state index contributed by atoms with van der Waals surface area (Å²) in [4.78, 5) is 4.38. The van der Waals surface area contributed by atoms with Crippen molar-refractivity contribution in [2.24, 2.45) is 11.8 Å². The van der Waals surface area contributed by atoms with Crippen LogP contribution in [0.3, 0.4) is 0 Å². The van der Waals surface area contributed by atoms with Gasteiger partial charge in [-0.2, -0.15) is 5.10 Å². The zero-order valence-electron chi connectivity index (χ0n) is 12.6. The summed E-state index contributed by atoms with van der Waals surface area (Å²) in [5.41, 5.74) is 0. The predicted molar refractivity (Wildman–Crippen MR) is 77.7 cm³/mol.